The van der Waals surface area contributed by atoms with Crippen LogP contribution in [0.15, 0.2) is 40.8 Å². The van der Waals surface area contributed by atoms with Crippen LogP contribution in [0.2, 0.25) is 0 Å². The number of ether oxygens (including phenoxy) is 2. The van der Waals surface area contributed by atoms with Crippen molar-refractivity contribution in [2.45, 2.75) is 26.8 Å². The molecule has 0 aliphatic carbocycles. The fourth-order valence-corrected chi connectivity index (χ4v) is 4.42. The molecule has 1 N–H and O–H groups in total. The first-order valence-electron chi connectivity index (χ1n) is 9.86. The molecule has 0 aliphatic rings. The van der Waals surface area contributed by atoms with E-state index in [9.17, 15) is 13.2 Å². The second-order valence-corrected chi connectivity index (χ2v) is 9.80. The number of hydrogen-bond donors (Lipinski definition) is 1. The molecule has 0 spiro atoms. The van der Waals surface area contributed by atoms with E-state index < -0.39 is 21.6 Å². The topological polar surface area (TPSA) is 103 Å². The second kappa shape index (κ2) is 8.97. The molecule has 0 radical (unpaired) electrons. The Bertz CT molecular complexity index is 1280. The zero-order valence-corrected chi connectivity index (χ0v) is 19.1. The number of nitrogens with one attached hydrogen (secondary N) is 1. The van der Waals surface area contributed by atoms with Crippen molar-refractivity contribution in [3.8, 4) is 11.5 Å². The highest BCUT2D eigenvalue weighted by molar-refractivity contribution is 7.90. The normalized spacial score (nSPS) is 12.5. The number of aromatic amines is 1. The maximum atomic E-state index is 12.9. The Morgan fingerprint density at radius 2 is 2.00 bits per heavy atom. The number of aromatic nitrogens is 3. The van der Waals surface area contributed by atoms with E-state index in [2.05, 4.69) is 9.97 Å². The maximum Gasteiger partial charge on any atom is 0.328 e. The SMILES string of the molecule is CCOc1cc([C@H](CS(C)(=O)=O)n2c(=O)[nH]c3cc(C=C(C)C)cnc32)ccc1OC. The number of nitrogens with zero attached hydrogens (tertiary/aromatic N) is 2. The van der Waals surface area contributed by atoms with Gasteiger partial charge in [-0.2, -0.15) is 0 Å². The number of sulfone groups is 1. The molecule has 3 aromatic rings. The Hall–Kier alpha value is -3.07. The van der Waals surface area contributed by atoms with Crippen LogP contribution in [0.25, 0.3) is 17.2 Å². The van der Waals surface area contributed by atoms with Crippen molar-refractivity contribution in [3.63, 3.8) is 0 Å². The van der Waals surface area contributed by atoms with Crippen LogP contribution < -0.4 is 15.2 Å². The van der Waals surface area contributed by atoms with E-state index in [1.807, 2.05) is 32.9 Å². The molecule has 166 valence electrons. The highest BCUT2D eigenvalue weighted by Gasteiger charge is 2.25. The zero-order chi connectivity index (χ0) is 22.8. The fourth-order valence-electron chi connectivity index (χ4n) is 3.51. The Morgan fingerprint density at radius 1 is 1.26 bits per heavy atom. The molecule has 0 bridgehead atoms. The van der Waals surface area contributed by atoms with Gasteiger partial charge in [0.25, 0.3) is 0 Å². The summed E-state index contributed by atoms with van der Waals surface area (Å²) in [6, 6.07) is 6.18. The summed E-state index contributed by atoms with van der Waals surface area (Å²) < 4.78 is 36.9. The third-order valence-corrected chi connectivity index (χ3v) is 5.60. The minimum atomic E-state index is -3.43. The third kappa shape index (κ3) is 5.16. The standard InChI is InChI=1S/C22H27N3O5S/c1-6-30-20-11-16(7-8-19(20)29-4)18(13-31(5,27)28)25-21-17(24-22(25)26)10-15(12-23-21)9-14(2)3/h7-12,18H,6,13H2,1-5H3,(H,24,26)/t18-/m0/s1. The molecule has 9 heteroatoms. The van der Waals surface area contributed by atoms with Crippen LogP contribution in [-0.4, -0.2) is 48.7 Å². The van der Waals surface area contributed by atoms with Gasteiger partial charge >= 0.3 is 5.69 Å². The summed E-state index contributed by atoms with van der Waals surface area (Å²) in [5.41, 5.74) is 3.05. The first-order chi connectivity index (χ1) is 14.6. The molecule has 1 atom stereocenters. The Labute approximate surface area is 181 Å². The summed E-state index contributed by atoms with van der Waals surface area (Å²) in [6.07, 6.45) is 4.76. The molecule has 1 aromatic carbocycles. The van der Waals surface area contributed by atoms with Crippen LogP contribution in [-0.2, 0) is 9.84 Å². The highest BCUT2D eigenvalue weighted by Crippen LogP contribution is 2.32. The molecular formula is C22H27N3O5S. The number of imidazole rings is 1. The first-order valence-corrected chi connectivity index (χ1v) is 11.9. The van der Waals surface area contributed by atoms with Crippen molar-refractivity contribution in [1.82, 2.24) is 14.5 Å². The Morgan fingerprint density at radius 3 is 2.61 bits per heavy atom. The van der Waals surface area contributed by atoms with Gasteiger partial charge in [0.05, 0.1) is 31.0 Å². The van der Waals surface area contributed by atoms with Crippen molar-refractivity contribution < 1.29 is 17.9 Å². The van der Waals surface area contributed by atoms with Crippen molar-refractivity contribution >= 4 is 27.1 Å². The smallest absolute Gasteiger partial charge is 0.328 e. The number of pyridine rings is 1. The van der Waals surface area contributed by atoms with Gasteiger partial charge in [0.2, 0.25) is 0 Å². The number of allylic oxidation sites excluding steroid dienone is 1. The summed E-state index contributed by atoms with van der Waals surface area (Å²) in [5.74, 6) is 0.738. The van der Waals surface area contributed by atoms with Gasteiger partial charge in [-0.1, -0.05) is 17.7 Å². The zero-order valence-electron chi connectivity index (χ0n) is 18.3. The predicted molar refractivity (Wildman–Crippen MR) is 122 cm³/mol. The van der Waals surface area contributed by atoms with Crippen LogP contribution in [0.5, 0.6) is 11.5 Å². The molecule has 31 heavy (non-hydrogen) atoms. The molecule has 0 unspecified atom stereocenters. The fraction of sp³-hybridized carbons (Fsp3) is 0.364. The van der Waals surface area contributed by atoms with E-state index in [0.29, 0.717) is 34.8 Å². The number of rotatable bonds is 8. The molecule has 0 saturated heterocycles. The highest BCUT2D eigenvalue weighted by atomic mass is 32.2. The van der Waals surface area contributed by atoms with Crippen LogP contribution in [0.1, 0.15) is 37.9 Å². The van der Waals surface area contributed by atoms with Gasteiger partial charge in [0.15, 0.2) is 17.1 Å². The molecule has 0 fully saturated rings. The summed E-state index contributed by atoms with van der Waals surface area (Å²) in [7, 11) is -1.90. The van der Waals surface area contributed by atoms with E-state index in [4.69, 9.17) is 9.47 Å². The van der Waals surface area contributed by atoms with Crippen molar-refractivity contribution in [3.05, 3.63) is 57.6 Å². The van der Waals surface area contributed by atoms with Gasteiger partial charge in [0.1, 0.15) is 9.84 Å². The van der Waals surface area contributed by atoms with Crippen molar-refractivity contribution in [1.29, 1.82) is 0 Å². The number of H-pyrrole nitrogens is 1. The van der Waals surface area contributed by atoms with E-state index in [1.165, 1.54) is 11.7 Å². The van der Waals surface area contributed by atoms with Crippen LogP contribution in [0.3, 0.4) is 0 Å². The minimum absolute atomic E-state index is 0.269. The van der Waals surface area contributed by atoms with Crippen LogP contribution in [0, 0.1) is 0 Å². The number of fused-ring (bicyclic) bond motifs is 1. The summed E-state index contributed by atoms with van der Waals surface area (Å²) in [6.45, 7) is 6.20. The van der Waals surface area contributed by atoms with Gasteiger partial charge in [0, 0.05) is 12.5 Å². The van der Waals surface area contributed by atoms with E-state index in [0.717, 1.165) is 17.4 Å². The van der Waals surface area contributed by atoms with Gasteiger partial charge in [-0.3, -0.25) is 4.57 Å². The van der Waals surface area contributed by atoms with Gasteiger partial charge < -0.3 is 14.5 Å². The third-order valence-electron chi connectivity index (χ3n) is 4.68. The van der Waals surface area contributed by atoms with Crippen LogP contribution in [0.4, 0.5) is 0 Å². The number of benzene rings is 1. The quantitative estimate of drug-likeness (QED) is 0.571. The Kier molecular flexibility index (Phi) is 6.54. The van der Waals surface area contributed by atoms with E-state index >= 15 is 0 Å². The lowest BCUT2D eigenvalue weighted by Crippen LogP contribution is -2.28. The number of methoxy groups -OCH3 is 1. The molecule has 0 aliphatic heterocycles. The minimum Gasteiger partial charge on any atom is -0.493 e. The van der Waals surface area contributed by atoms with Gasteiger partial charge in [-0.05, 0) is 50.1 Å². The van der Waals surface area contributed by atoms with Crippen molar-refractivity contribution in [2.24, 2.45) is 0 Å². The molecule has 0 amide bonds. The summed E-state index contributed by atoms with van der Waals surface area (Å²) >= 11 is 0. The lowest BCUT2D eigenvalue weighted by molar-refractivity contribution is 0.310. The van der Waals surface area contributed by atoms with Gasteiger partial charge in [-0.25, -0.2) is 18.2 Å². The van der Waals surface area contributed by atoms with E-state index in [1.54, 1.807) is 24.4 Å². The molecule has 3 rings (SSSR count). The maximum absolute atomic E-state index is 12.9. The van der Waals surface area contributed by atoms with Gasteiger partial charge in [-0.15, -0.1) is 0 Å². The Balaban J connectivity index is 2.21. The first kappa shape index (κ1) is 22.6. The summed E-state index contributed by atoms with van der Waals surface area (Å²) in [5, 5.41) is 0. The summed E-state index contributed by atoms with van der Waals surface area (Å²) in [4.78, 5) is 20.2. The molecule has 2 heterocycles. The lowest BCUT2D eigenvalue weighted by Gasteiger charge is -2.20. The van der Waals surface area contributed by atoms with Crippen LogP contribution >= 0.6 is 0 Å². The monoisotopic (exact) mass is 445 g/mol. The lowest BCUT2D eigenvalue weighted by atomic mass is 10.1. The molecule has 8 nitrogen and oxygen atoms in total. The molecule has 2 aromatic heterocycles. The predicted octanol–water partition coefficient (Wildman–Crippen LogP) is 3.19. The average Bonchev–Trinajstić information content (AvgIpc) is 3.00. The number of hydrogen-bond acceptors (Lipinski definition) is 6. The average molecular weight is 446 g/mol. The van der Waals surface area contributed by atoms with Crippen molar-refractivity contribution in [2.75, 3.05) is 25.7 Å². The molecule has 0 saturated carbocycles. The largest absolute Gasteiger partial charge is 0.493 e. The molecular weight excluding hydrogens is 418 g/mol. The second-order valence-electron chi connectivity index (χ2n) is 7.61. The van der Waals surface area contributed by atoms with E-state index in [-0.39, 0.29) is 5.75 Å².